The van der Waals surface area contributed by atoms with Gasteiger partial charge in [0.05, 0.1) is 22.8 Å². The lowest BCUT2D eigenvalue weighted by Crippen LogP contribution is -2.14. The molecule has 1 N–H and O–H groups in total. The van der Waals surface area contributed by atoms with Crippen LogP contribution in [0, 0.1) is 0 Å². The van der Waals surface area contributed by atoms with Gasteiger partial charge in [-0.15, -0.1) is 0 Å². The van der Waals surface area contributed by atoms with Crippen molar-refractivity contribution in [2.45, 2.75) is 31.2 Å². The first-order chi connectivity index (χ1) is 27.7. The Labute approximate surface area is 326 Å². The van der Waals surface area contributed by atoms with Crippen LogP contribution in [0.2, 0.25) is 0 Å². The minimum Gasteiger partial charge on any atom is -0.374 e. The van der Waals surface area contributed by atoms with Crippen LogP contribution in [0.25, 0.3) is 77.9 Å². The first kappa shape index (κ1) is 32.6. The monoisotopic (exact) mass is 717 g/mol. The molecular weight excluding hydrogens is 679 g/mol. The van der Waals surface area contributed by atoms with Gasteiger partial charge in [0.15, 0.2) is 0 Å². The molecule has 3 heterocycles. The van der Waals surface area contributed by atoms with E-state index in [9.17, 15) is 0 Å². The fourth-order valence-electron chi connectivity index (χ4n) is 9.32. The molecule has 0 bridgehead atoms. The predicted molar refractivity (Wildman–Crippen MR) is 236 cm³/mol. The number of hydrogen-bond acceptors (Lipinski definition) is 3. The number of hydrogen-bond donors (Lipinski definition) is 1. The molecule has 0 radical (unpaired) electrons. The molecule has 9 aromatic rings. The molecule has 0 spiro atoms. The van der Waals surface area contributed by atoms with Crippen LogP contribution in [-0.4, -0.2) is 9.97 Å². The zero-order valence-corrected chi connectivity index (χ0v) is 31.2. The summed E-state index contributed by atoms with van der Waals surface area (Å²) in [7, 11) is 0. The predicted octanol–water partition coefficient (Wildman–Crippen LogP) is 13.9. The third-order valence-corrected chi connectivity index (χ3v) is 12.2. The molecule has 3 heteroatoms. The molecule has 0 saturated carbocycles. The van der Waals surface area contributed by atoms with Crippen LogP contribution in [-0.2, 0) is 0 Å². The van der Waals surface area contributed by atoms with Crippen LogP contribution in [0.3, 0.4) is 0 Å². The molecule has 3 nitrogen and oxygen atoms in total. The van der Waals surface area contributed by atoms with Crippen LogP contribution in [0.4, 0.5) is 5.69 Å². The van der Waals surface area contributed by atoms with Crippen molar-refractivity contribution in [3.05, 3.63) is 198 Å². The highest BCUT2D eigenvalue weighted by Crippen LogP contribution is 2.45. The molecule has 2 aliphatic rings. The van der Waals surface area contributed by atoms with E-state index in [1.807, 2.05) is 12.3 Å². The first-order valence-electron chi connectivity index (χ1n) is 19.7. The summed E-state index contributed by atoms with van der Waals surface area (Å²) in [5.41, 5.74) is 14.2. The van der Waals surface area contributed by atoms with Crippen LogP contribution < -0.4 is 5.32 Å². The Morgan fingerprint density at radius 1 is 0.571 bits per heavy atom. The van der Waals surface area contributed by atoms with E-state index in [0.29, 0.717) is 11.8 Å². The second kappa shape index (κ2) is 13.2. The van der Waals surface area contributed by atoms with E-state index in [1.54, 1.807) is 0 Å². The van der Waals surface area contributed by atoms with Crippen molar-refractivity contribution < 1.29 is 0 Å². The van der Waals surface area contributed by atoms with Gasteiger partial charge < -0.3 is 5.32 Å². The third-order valence-electron chi connectivity index (χ3n) is 12.2. The number of allylic oxidation sites excluding steroid dienone is 1. The Balaban J connectivity index is 0.866. The van der Waals surface area contributed by atoms with Gasteiger partial charge in [0.2, 0.25) is 0 Å². The lowest BCUT2D eigenvalue weighted by atomic mass is 9.74. The van der Waals surface area contributed by atoms with Crippen LogP contribution in [0.5, 0.6) is 0 Å². The maximum absolute atomic E-state index is 5.20. The molecule has 0 saturated heterocycles. The molecule has 1 aliphatic heterocycles. The molecule has 1 aliphatic carbocycles. The van der Waals surface area contributed by atoms with Crippen molar-refractivity contribution in [2.24, 2.45) is 0 Å². The van der Waals surface area contributed by atoms with Gasteiger partial charge in [-0.05, 0) is 109 Å². The van der Waals surface area contributed by atoms with E-state index in [-0.39, 0.29) is 6.04 Å². The fourth-order valence-corrected chi connectivity index (χ4v) is 9.32. The van der Waals surface area contributed by atoms with Crippen molar-refractivity contribution in [1.82, 2.24) is 9.97 Å². The maximum atomic E-state index is 5.20. The Kier molecular flexibility index (Phi) is 7.67. The van der Waals surface area contributed by atoms with Crippen LogP contribution in [0.15, 0.2) is 170 Å². The van der Waals surface area contributed by atoms with E-state index in [4.69, 9.17) is 9.97 Å². The van der Waals surface area contributed by atoms with Gasteiger partial charge in [-0.25, -0.2) is 4.98 Å². The lowest BCUT2D eigenvalue weighted by Gasteiger charge is -2.30. The minimum absolute atomic E-state index is 0.0850. The van der Waals surface area contributed by atoms with Crippen molar-refractivity contribution in [1.29, 1.82) is 0 Å². The largest absolute Gasteiger partial charge is 0.374 e. The fraction of sp³-hybridized carbons (Fsp3) is 0.0943. The van der Waals surface area contributed by atoms with Crippen molar-refractivity contribution >= 4 is 61.2 Å². The molecule has 266 valence electrons. The smallest absolute Gasteiger partial charge is 0.0743 e. The topological polar surface area (TPSA) is 37.8 Å². The van der Waals surface area contributed by atoms with Crippen molar-refractivity contribution in [2.75, 3.05) is 5.32 Å². The number of aromatic nitrogens is 2. The maximum Gasteiger partial charge on any atom is 0.0743 e. The van der Waals surface area contributed by atoms with Gasteiger partial charge in [-0.3, -0.25) is 4.98 Å². The molecule has 2 unspecified atom stereocenters. The lowest BCUT2D eigenvalue weighted by molar-refractivity contribution is 0.597. The molecule has 2 aromatic heterocycles. The van der Waals surface area contributed by atoms with E-state index in [1.165, 1.54) is 60.3 Å². The number of nitrogens with zero attached hydrogens (tertiary/aromatic N) is 2. The highest BCUT2D eigenvalue weighted by Gasteiger charge is 2.28. The summed E-state index contributed by atoms with van der Waals surface area (Å²) < 4.78 is 0. The average Bonchev–Trinajstić information content (AvgIpc) is 3.27. The van der Waals surface area contributed by atoms with E-state index >= 15 is 0 Å². The van der Waals surface area contributed by atoms with Gasteiger partial charge in [0, 0.05) is 34.1 Å². The van der Waals surface area contributed by atoms with Gasteiger partial charge in [-0.1, -0.05) is 146 Å². The summed E-state index contributed by atoms with van der Waals surface area (Å²) in [4.78, 5) is 10.0. The summed E-state index contributed by atoms with van der Waals surface area (Å²) in [5, 5.41) is 11.3. The minimum atomic E-state index is 0.0850. The highest BCUT2D eigenvalue weighted by molar-refractivity contribution is 6.09. The normalized spacial score (nSPS) is 17.3. The number of fused-ring (bicyclic) bond motifs is 8. The summed E-state index contributed by atoms with van der Waals surface area (Å²) in [5.74, 6) is 0.672. The number of anilines is 1. The SMILES string of the molecule is CC[C@H]1c2c(ccc3cccnc23)C=CC1c1ccc(-c2ccc3ccc(-c4ccc5c(c4)C=CC(c4cc6ccccc6c6ccccc46)N5)cc3n2)cc1. The van der Waals surface area contributed by atoms with E-state index in [0.717, 1.165) is 45.3 Å². The van der Waals surface area contributed by atoms with Crippen molar-refractivity contribution in [3.63, 3.8) is 0 Å². The molecular formula is C53H39N3. The molecule has 7 aromatic carbocycles. The summed E-state index contributed by atoms with van der Waals surface area (Å²) >= 11 is 0. The zero-order chi connectivity index (χ0) is 37.2. The number of rotatable bonds is 5. The highest BCUT2D eigenvalue weighted by atomic mass is 14.9. The van der Waals surface area contributed by atoms with Gasteiger partial charge in [0.1, 0.15) is 0 Å². The van der Waals surface area contributed by atoms with Crippen LogP contribution in [0.1, 0.15) is 59.0 Å². The molecule has 3 atom stereocenters. The summed E-state index contributed by atoms with van der Waals surface area (Å²) in [6.07, 6.45) is 12.2. The third kappa shape index (κ3) is 5.42. The summed E-state index contributed by atoms with van der Waals surface area (Å²) in [6.45, 7) is 2.30. The Bertz CT molecular complexity index is 3060. The van der Waals surface area contributed by atoms with Gasteiger partial charge >= 0.3 is 0 Å². The number of benzene rings is 7. The zero-order valence-electron chi connectivity index (χ0n) is 31.2. The second-order valence-electron chi connectivity index (χ2n) is 15.3. The molecule has 56 heavy (non-hydrogen) atoms. The van der Waals surface area contributed by atoms with E-state index in [2.05, 4.69) is 182 Å². The van der Waals surface area contributed by atoms with Gasteiger partial charge in [0.25, 0.3) is 0 Å². The quantitative estimate of drug-likeness (QED) is 0.180. The molecule has 0 amide bonds. The second-order valence-corrected chi connectivity index (χ2v) is 15.3. The standard InChI is InChI=1S/C53H39N3/c1-2-42-44(25-21-36-18-19-37-9-7-29-54-53(37)52(36)42)33-13-15-34(16-14-33)48-26-22-35-17-20-39(32-51(35)56-48)38-23-27-49-41(30-38)24-28-50(55-49)47-31-40-8-3-4-10-43(40)45-11-5-6-12-46(45)47/h3-32,42,44,50,55H,2H2,1H3/t42-,44?,50?/m1/s1. The number of pyridine rings is 2. The Hall–Kier alpha value is -6.84. The Morgan fingerprint density at radius 3 is 2.20 bits per heavy atom. The van der Waals surface area contributed by atoms with Crippen molar-refractivity contribution in [3.8, 4) is 22.4 Å². The number of nitrogens with one attached hydrogen (secondary N) is 1. The molecule has 11 rings (SSSR count). The van der Waals surface area contributed by atoms with E-state index < -0.39 is 0 Å². The Morgan fingerprint density at radius 2 is 1.30 bits per heavy atom. The first-order valence-corrected chi connectivity index (χ1v) is 19.7. The average molecular weight is 718 g/mol. The molecule has 0 fully saturated rings. The van der Waals surface area contributed by atoms with Crippen LogP contribution >= 0.6 is 0 Å². The summed E-state index contributed by atoms with van der Waals surface area (Å²) in [6, 6.07) is 55.3. The van der Waals surface area contributed by atoms with Gasteiger partial charge in [-0.2, -0.15) is 0 Å².